The van der Waals surface area contributed by atoms with Crippen molar-refractivity contribution in [3.05, 3.63) is 33.9 Å². The quantitative estimate of drug-likeness (QED) is 0.634. The molecule has 7 nitrogen and oxygen atoms in total. The van der Waals surface area contributed by atoms with Gasteiger partial charge >= 0.3 is 6.09 Å². The van der Waals surface area contributed by atoms with Gasteiger partial charge in [-0.25, -0.2) is 4.79 Å². The van der Waals surface area contributed by atoms with Gasteiger partial charge < -0.3 is 14.8 Å². The van der Waals surface area contributed by atoms with E-state index < -0.39 is 11.0 Å². The Kier molecular flexibility index (Phi) is 2.82. The summed E-state index contributed by atoms with van der Waals surface area (Å²) in [6.45, 7) is 0.188. The Bertz CT molecular complexity index is 474. The number of benzene rings is 1. The average molecular weight is 238 g/mol. The minimum absolute atomic E-state index is 0.0594. The molecule has 1 aromatic rings. The minimum atomic E-state index is -0.504. The summed E-state index contributed by atoms with van der Waals surface area (Å²) in [5, 5.41) is 13.2. The second kappa shape index (κ2) is 4.28. The van der Waals surface area contributed by atoms with E-state index in [9.17, 15) is 14.9 Å². The number of nitrogens with zero attached hydrogens (tertiary/aromatic N) is 1. The molecule has 0 radical (unpaired) electrons. The van der Waals surface area contributed by atoms with Crippen molar-refractivity contribution in [2.45, 2.75) is 6.04 Å². The number of alkyl carbamates (subject to hydrolysis) is 1. The average Bonchev–Trinajstić information content (AvgIpc) is 2.74. The highest BCUT2D eigenvalue weighted by Crippen LogP contribution is 2.31. The molecule has 1 aliphatic rings. The number of nitrogens with one attached hydrogen (secondary N) is 1. The Labute approximate surface area is 96.5 Å². The van der Waals surface area contributed by atoms with Gasteiger partial charge in [0.25, 0.3) is 5.69 Å². The molecular weight excluding hydrogens is 228 g/mol. The molecule has 1 aliphatic heterocycles. The fourth-order valence-corrected chi connectivity index (χ4v) is 1.65. The number of nitro benzene ring substituents is 1. The van der Waals surface area contributed by atoms with Gasteiger partial charge in [0.05, 0.1) is 24.1 Å². The summed E-state index contributed by atoms with van der Waals surface area (Å²) in [5.74, 6) is 0.356. The van der Waals surface area contributed by atoms with Gasteiger partial charge in [0.1, 0.15) is 12.4 Å². The monoisotopic (exact) mass is 238 g/mol. The Morgan fingerprint density at radius 1 is 1.59 bits per heavy atom. The van der Waals surface area contributed by atoms with Gasteiger partial charge in [0.15, 0.2) is 0 Å². The van der Waals surface area contributed by atoms with Gasteiger partial charge in [0, 0.05) is 11.6 Å². The van der Waals surface area contributed by atoms with Crippen molar-refractivity contribution >= 4 is 11.8 Å². The van der Waals surface area contributed by atoms with E-state index in [0.717, 1.165) is 0 Å². The first-order valence-corrected chi connectivity index (χ1v) is 4.87. The third-order valence-electron chi connectivity index (χ3n) is 2.48. The summed E-state index contributed by atoms with van der Waals surface area (Å²) in [6, 6.07) is 3.90. The zero-order valence-electron chi connectivity index (χ0n) is 9.00. The zero-order chi connectivity index (χ0) is 12.4. The third-order valence-corrected chi connectivity index (χ3v) is 2.48. The van der Waals surface area contributed by atoms with Crippen LogP contribution < -0.4 is 10.1 Å². The number of carbonyl (C=O) groups excluding carboxylic acids is 1. The standard InChI is InChI=1S/C10H10N2O5/c1-16-9-4-6(12(14)15)2-3-7(9)8-5-17-10(13)11-8/h2-4,8H,5H2,1H3,(H,11,13). The topological polar surface area (TPSA) is 90.7 Å². The molecule has 1 aromatic carbocycles. The van der Waals surface area contributed by atoms with Crippen LogP contribution in [0.15, 0.2) is 18.2 Å². The summed E-state index contributed by atoms with van der Waals surface area (Å²) >= 11 is 0. The highest BCUT2D eigenvalue weighted by Gasteiger charge is 2.27. The van der Waals surface area contributed by atoms with Crippen LogP contribution in [-0.2, 0) is 4.74 Å². The molecule has 0 aliphatic carbocycles. The van der Waals surface area contributed by atoms with Gasteiger partial charge in [-0.05, 0) is 6.07 Å². The van der Waals surface area contributed by atoms with Crippen LogP contribution >= 0.6 is 0 Å². The SMILES string of the molecule is COc1cc([N+](=O)[O-])ccc1C1COC(=O)N1. The lowest BCUT2D eigenvalue weighted by atomic mass is 10.1. The van der Waals surface area contributed by atoms with Crippen LogP contribution in [0.25, 0.3) is 0 Å². The number of hydrogen-bond donors (Lipinski definition) is 1. The van der Waals surface area contributed by atoms with Crippen molar-refractivity contribution in [3.8, 4) is 5.75 Å². The smallest absolute Gasteiger partial charge is 0.407 e. The van der Waals surface area contributed by atoms with Crippen molar-refractivity contribution in [2.24, 2.45) is 0 Å². The molecule has 1 heterocycles. The second-order valence-corrected chi connectivity index (χ2v) is 3.48. The molecule has 1 unspecified atom stereocenters. The van der Waals surface area contributed by atoms with Crippen LogP contribution in [0.2, 0.25) is 0 Å². The molecular formula is C10H10N2O5. The molecule has 1 atom stereocenters. The van der Waals surface area contributed by atoms with Crippen LogP contribution in [0.1, 0.15) is 11.6 Å². The number of rotatable bonds is 3. The van der Waals surface area contributed by atoms with E-state index in [1.807, 2.05) is 0 Å². The van der Waals surface area contributed by atoms with Gasteiger partial charge in [-0.15, -0.1) is 0 Å². The van der Waals surface area contributed by atoms with E-state index in [-0.39, 0.29) is 18.3 Å². The number of methoxy groups -OCH3 is 1. The lowest BCUT2D eigenvalue weighted by Gasteiger charge is -2.12. The maximum Gasteiger partial charge on any atom is 0.407 e. The van der Waals surface area contributed by atoms with E-state index in [4.69, 9.17) is 9.47 Å². The molecule has 1 saturated heterocycles. The fourth-order valence-electron chi connectivity index (χ4n) is 1.65. The van der Waals surface area contributed by atoms with Crippen molar-refractivity contribution in [1.82, 2.24) is 5.32 Å². The summed E-state index contributed by atoms with van der Waals surface area (Å²) in [4.78, 5) is 21.0. The second-order valence-electron chi connectivity index (χ2n) is 3.48. The van der Waals surface area contributed by atoms with Crippen LogP contribution in [0.5, 0.6) is 5.75 Å². The van der Waals surface area contributed by atoms with Crippen LogP contribution in [-0.4, -0.2) is 24.7 Å². The first kappa shape index (κ1) is 11.2. The maximum atomic E-state index is 10.9. The number of cyclic esters (lactones) is 1. The van der Waals surface area contributed by atoms with E-state index in [1.54, 1.807) is 6.07 Å². The Balaban J connectivity index is 2.34. The van der Waals surface area contributed by atoms with Crippen LogP contribution in [0.4, 0.5) is 10.5 Å². The summed E-state index contributed by atoms with van der Waals surface area (Å²) < 4.78 is 9.83. The fraction of sp³-hybridized carbons (Fsp3) is 0.300. The predicted molar refractivity (Wildman–Crippen MR) is 56.9 cm³/mol. The number of amides is 1. The highest BCUT2D eigenvalue weighted by molar-refractivity contribution is 5.70. The molecule has 0 bridgehead atoms. The highest BCUT2D eigenvalue weighted by atomic mass is 16.6. The lowest BCUT2D eigenvalue weighted by molar-refractivity contribution is -0.384. The zero-order valence-corrected chi connectivity index (χ0v) is 9.00. The first-order valence-electron chi connectivity index (χ1n) is 4.87. The van der Waals surface area contributed by atoms with Gasteiger partial charge in [-0.2, -0.15) is 0 Å². The number of hydrogen-bond acceptors (Lipinski definition) is 5. The van der Waals surface area contributed by atoms with Crippen molar-refractivity contribution in [2.75, 3.05) is 13.7 Å². The van der Waals surface area contributed by atoms with Crippen molar-refractivity contribution in [3.63, 3.8) is 0 Å². The number of non-ortho nitro benzene ring substituents is 1. The molecule has 7 heteroatoms. The lowest BCUT2D eigenvalue weighted by Crippen LogP contribution is -2.18. The summed E-state index contributed by atoms with van der Waals surface area (Å²) in [6.07, 6.45) is -0.504. The van der Waals surface area contributed by atoms with E-state index >= 15 is 0 Å². The molecule has 0 spiro atoms. The van der Waals surface area contributed by atoms with E-state index in [2.05, 4.69) is 5.32 Å². The number of carbonyl (C=O) groups is 1. The van der Waals surface area contributed by atoms with Gasteiger partial charge in [-0.3, -0.25) is 10.1 Å². The molecule has 0 saturated carbocycles. The Morgan fingerprint density at radius 3 is 2.88 bits per heavy atom. The first-order chi connectivity index (χ1) is 8.11. The number of nitro groups is 1. The van der Waals surface area contributed by atoms with E-state index in [1.165, 1.54) is 19.2 Å². The summed E-state index contributed by atoms with van der Waals surface area (Å²) in [7, 11) is 1.42. The molecule has 1 fully saturated rings. The number of ether oxygens (including phenoxy) is 2. The van der Waals surface area contributed by atoms with Crippen LogP contribution in [0.3, 0.4) is 0 Å². The Hall–Kier alpha value is -2.31. The summed E-state index contributed by atoms with van der Waals surface area (Å²) in [5.41, 5.74) is 0.597. The largest absolute Gasteiger partial charge is 0.496 e. The van der Waals surface area contributed by atoms with E-state index in [0.29, 0.717) is 11.3 Å². The maximum absolute atomic E-state index is 10.9. The molecule has 0 aromatic heterocycles. The Morgan fingerprint density at radius 2 is 2.35 bits per heavy atom. The molecule has 1 amide bonds. The van der Waals surface area contributed by atoms with Crippen LogP contribution in [0, 0.1) is 10.1 Å². The predicted octanol–water partition coefficient (Wildman–Crippen LogP) is 1.38. The molecule has 1 N–H and O–H groups in total. The van der Waals surface area contributed by atoms with Gasteiger partial charge in [-0.1, -0.05) is 0 Å². The third kappa shape index (κ3) is 2.12. The van der Waals surface area contributed by atoms with Crippen molar-refractivity contribution in [1.29, 1.82) is 0 Å². The normalized spacial score (nSPS) is 18.4. The molecule has 90 valence electrons. The van der Waals surface area contributed by atoms with Crippen molar-refractivity contribution < 1.29 is 19.2 Å². The molecule has 17 heavy (non-hydrogen) atoms. The molecule has 2 rings (SSSR count). The van der Waals surface area contributed by atoms with Gasteiger partial charge in [0.2, 0.25) is 0 Å². The minimum Gasteiger partial charge on any atom is -0.496 e.